The van der Waals surface area contributed by atoms with E-state index < -0.39 is 0 Å². The first kappa shape index (κ1) is 16.7. The summed E-state index contributed by atoms with van der Waals surface area (Å²) in [5, 5.41) is 3.33. The van der Waals surface area contributed by atoms with E-state index in [-0.39, 0.29) is 11.9 Å². The van der Waals surface area contributed by atoms with Crippen molar-refractivity contribution in [2.24, 2.45) is 5.92 Å². The van der Waals surface area contributed by atoms with Crippen LogP contribution in [0.5, 0.6) is 0 Å². The maximum atomic E-state index is 12.5. The van der Waals surface area contributed by atoms with Crippen molar-refractivity contribution in [2.45, 2.75) is 63.8 Å². The second-order valence-electron chi connectivity index (χ2n) is 7.42. The normalized spacial score (nSPS) is 27.0. The molecule has 130 valence electrons. The second-order valence-corrected chi connectivity index (χ2v) is 7.42. The van der Waals surface area contributed by atoms with Crippen LogP contribution in [0.1, 0.15) is 57.8 Å². The fourth-order valence-electron chi connectivity index (χ4n) is 4.23. The van der Waals surface area contributed by atoms with Crippen LogP contribution in [-0.4, -0.2) is 60.4 Å². The van der Waals surface area contributed by atoms with Crippen molar-refractivity contribution in [1.29, 1.82) is 0 Å². The van der Waals surface area contributed by atoms with Crippen LogP contribution in [0.15, 0.2) is 0 Å². The van der Waals surface area contributed by atoms with Crippen LogP contribution in [0.25, 0.3) is 0 Å². The molecule has 1 saturated carbocycles. The molecule has 1 atom stereocenters. The van der Waals surface area contributed by atoms with E-state index in [0.29, 0.717) is 38.0 Å². The van der Waals surface area contributed by atoms with Crippen LogP contribution in [0.3, 0.4) is 0 Å². The summed E-state index contributed by atoms with van der Waals surface area (Å²) in [6, 6.07) is 0.00763. The molecule has 0 aromatic rings. The van der Waals surface area contributed by atoms with Gasteiger partial charge in [-0.1, -0.05) is 25.7 Å². The number of carbonyl (C=O) groups excluding carboxylic acids is 2. The van der Waals surface area contributed by atoms with Crippen molar-refractivity contribution in [3.63, 3.8) is 0 Å². The van der Waals surface area contributed by atoms with Crippen LogP contribution in [0.2, 0.25) is 0 Å². The van der Waals surface area contributed by atoms with E-state index in [1.54, 1.807) is 0 Å². The van der Waals surface area contributed by atoms with Gasteiger partial charge in [0.25, 0.3) is 0 Å². The molecular weight excluding hydrogens is 290 g/mol. The third-order valence-electron chi connectivity index (χ3n) is 5.74. The van der Waals surface area contributed by atoms with Crippen LogP contribution >= 0.6 is 0 Å². The molecule has 23 heavy (non-hydrogen) atoms. The Morgan fingerprint density at radius 1 is 0.826 bits per heavy atom. The Balaban J connectivity index is 1.42. The second kappa shape index (κ2) is 8.13. The lowest BCUT2D eigenvalue weighted by Crippen LogP contribution is -2.56. The Morgan fingerprint density at radius 2 is 1.48 bits per heavy atom. The third kappa shape index (κ3) is 4.46. The molecule has 0 bridgehead atoms. The molecule has 2 aliphatic heterocycles. The summed E-state index contributed by atoms with van der Waals surface area (Å²) in [6.07, 6.45) is 10.3. The molecule has 5 heteroatoms. The fraction of sp³-hybridized carbons (Fsp3) is 0.889. The first-order valence-electron chi connectivity index (χ1n) is 9.54. The van der Waals surface area contributed by atoms with Gasteiger partial charge in [0, 0.05) is 32.6 Å². The smallest absolute Gasteiger partial charge is 0.239 e. The Hall–Kier alpha value is -1.10. The van der Waals surface area contributed by atoms with Gasteiger partial charge in [0.15, 0.2) is 0 Å². The molecule has 0 radical (unpaired) electrons. The Bertz CT molecular complexity index is 406. The van der Waals surface area contributed by atoms with Gasteiger partial charge >= 0.3 is 0 Å². The van der Waals surface area contributed by atoms with Gasteiger partial charge in [-0.2, -0.15) is 0 Å². The Labute approximate surface area is 139 Å². The van der Waals surface area contributed by atoms with Crippen molar-refractivity contribution in [3.8, 4) is 0 Å². The molecule has 0 aromatic carbocycles. The minimum Gasteiger partial charge on any atom is -0.339 e. The van der Waals surface area contributed by atoms with E-state index in [0.717, 1.165) is 25.8 Å². The van der Waals surface area contributed by atoms with E-state index >= 15 is 0 Å². The molecule has 3 aliphatic rings. The maximum Gasteiger partial charge on any atom is 0.239 e. The Kier molecular flexibility index (Phi) is 5.92. The minimum atomic E-state index is 0.00763. The monoisotopic (exact) mass is 321 g/mol. The molecule has 1 aliphatic carbocycles. The first-order chi connectivity index (χ1) is 11.2. The van der Waals surface area contributed by atoms with Crippen LogP contribution in [0.4, 0.5) is 0 Å². The third-order valence-corrected chi connectivity index (χ3v) is 5.74. The summed E-state index contributed by atoms with van der Waals surface area (Å²) >= 11 is 0. The van der Waals surface area contributed by atoms with Crippen LogP contribution in [-0.2, 0) is 9.59 Å². The summed E-state index contributed by atoms with van der Waals surface area (Å²) in [5.41, 5.74) is 0. The van der Waals surface area contributed by atoms with E-state index in [2.05, 4.69) is 5.32 Å². The molecule has 2 heterocycles. The van der Waals surface area contributed by atoms with Crippen molar-refractivity contribution in [1.82, 2.24) is 15.1 Å². The lowest BCUT2D eigenvalue weighted by atomic mass is 9.86. The fourth-order valence-corrected chi connectivity index (χ4v) is 4.23. The highest BCUT2D eigenvalue weighted by Gasteiger charge is 2.30. The molecule has 1 N–H and O–H groups in total. The van der Waals surface area contributed by atoms with Gasteiger partial charge in [-0.15, -0.1) is 0 Å². The van der Waals surface area contributed by atoms with Crippen molar-refractivity contribution in [3.05, 3.63) is 0 Å². The molecule has 3 rings (SSSR count). The molecule has 5 nitrogen and oxygen atoms in total. The number of nitrogens with one attached hydrogen (secondary N) is 1. The number of nitrogens with zero attached hydrogens (tertiary/aromatic N) is 2. The number of carbonyl (C=O) groups is 2. The molecule has 3 fully saturated rings. The van der Waals surface area contributed by atoms with Gasteiger partial charge in [0.05, 0.1) is 6.04 Å². The summed E-state index contributed by atoms with van der Waals surface area (Å²) in [6.45, 7) is 3.78. The maximum absolute atomic E-state index is 12.5. The van der Waals surface area contributed by atoms with E-state index in [4.69, 9.17) is 0 Å². The standard InChI is InChI=1S/C18H31N3O2/c22-17(14-15-6-2-1-3-7-15)20-10-12-21(13-11-20)18(23)16-8-4-5-9-19-16/h15-16,19H,1-14H2. The van der Waals surface area contributed by atoms with Crippen LogP contribution in [0, 0.1) is 5.92 Å². The summed E-state index contributed by atoms with van der Waals surface area (Å²) < 4.78 is 0. The van der Waals surface area contributed by atoms with Gasteiger partial charge < -0.3 is 15.1 Å². The van der Waals surface area contributed by atoms with Crippen molar-refractivity contribution < 1.29 is 9.59 Å². The van der Waals surface area contributed by atoms with Gasteiger partial charge in [-0.25, -0.2) is 0 Å². The number of amides is 2. The SMILES string of the molecule is O=C(CC1CCCCC1)N1CCN(C(=O)C2CCCCN2)CC1. The summed E-state index contributed by atoms with van der Waals surface area (Å²) in [4.78, 5) is 28.9. The molecule has 1 unspecified atom stereocenters. The predicted molar refractivity (Wildman–Crippen MR) is 90.0 cm³/mol. The number of hydrogen-bond acceptors (Lipinski definition) is 3. The van der Waals surface area contributed by atoms with E-state index in [1.165, 1.54) is 38.5 Å². The largest absolute Gasteiger partial charge is 0.339 e. The summed E-state index contributed by atoms with van der Waals surface area (Å²) in [7, 11) is 0. The highest BCUT2D eigenvalue weighted by atomic mass is 16.2. The molecule has 0 aromatic heterocycles. The topological polar surface area (TPSA) is 52.7 Å². The lowest BCUT2D eigenvalue weighted by molar-refractivity contribution is -0.141. The number of piperazine rings is 1. The highest BCUT2D eigenvalue weighted by Crippen LogP contribution is 2.27. The number of piperidine rings is 1. The molecule has 0 spiro atoms. The first-order valence-corrected chi connectivity index (χ1v) is 9.54. The van der Waals surface area contributed by atoms with Gasteiger partial charge in [0.1, 0.15) is 0 Å². The quantitative estimate of drug-likeness (QED) is 0.862. The number of hydrogen-bond donors (Lipinski definition) is 1. The summed E-state index contributed by atoms with van der Waals surface area (Å²) in [5.74, 6) is 1.14. The lowest BCUT2D eigenvalue weighted by Gasteiger charge is -2.38. The zero-order chi connectivity index (χ0) is 16.1. The Morgan fingerprint density at radius 3 is 2.13 bits per heavy atom. The average Bonchev–Trinajstić information content (AvgIpc) is 2.63. The zero-order valence-electron chi connectivity index (χ0n) is 14.3. The highest BCUT2D eigenvalue weighted by molar-refractivity contribution is 5.82. The molecule has 2 amide bonds. The minimum absolute atomic E-state index is 0.00763. The predicted octanol–water partition coefficient (Wildman–Crippen LogP) is 1.77. The number of rotatable bonds is 3. The van der Waals surface area contributed by atoms with E-state index in [9.17, 15) is 9.59 Å². The zero-order valence-corrected chi connectivity index (χ0v) is 14.3. The molecular formula is C18H31N3O2. The van der Waals surface area contributed by atoms with E-state index in [1.807, 2.05) is 9.80 Å². The van der Waals surface area contributed by atoms with Crippen LogP contribution < -0.4 is 5.32 Å². The van der Waals surface area contributed by atoms with Gasteiger partial charge in [0.2, 0.25) is 11.8 Å². The van der Waals surface area contributed by atoms with Gasteiger partial charge in [-0.05, 0) is 38.1 Å². The van der Waals surface area contributed by atoms with Crippen molar-refractivity contribution in [2.75, 3.05) is 32.7 Å². The molecule has 2 saturated heterocycles. The average molecular weight is 321 g/mol. The van der Waals surface area contributed by atoms with Gasteiger partial charge in [-0.3, -0.25) is 9.59 Å². The van der Waals surface area contributed by atoms with Crippen molar-refractivity contribution >= 4 is 11.8 Å².